The van der Waals surface area contributed by atoms with Crippen molar-refractivity contribution >= 4 is 11.8 Å². The van der Waals surface area contributed by atoms with Gasteiger partial charge < -0.3 is 14.7 Å². The molecule has 29 heavy (non-hydrogen) atoms. The number of carbonyl (C=O) groups excluding carboxylic acids is 2. The molecule has 7 heteroatoms. The Morgan fingerprint density at radius 3 is 2.48 bits per heavy atom. The Morgan fingerprint density at radius 1 is 1.10 bits per heavy atom. The number of amides is 2. The first-order chi connectivity index (χ1) is 14.0. The summed E-state index contributed by atoms with van der Waals surface area (Å²) in [4.78, 5) is 32.7. The zero-order valence-corrected chi connectivity index (χ0v) is 18.0. The van der Waals surface area contributed by atoms with Gasteiger partial charge in [0.15, 0.2) is 5.69 Å². The Morgan fingerprint density at radius 2 is 1.86 bits per heavy atom. The van der Waals surface area contributed by atoms with Crippen LogP contribution in [0.2, 0.25) is 0 Å². The number of hydrogen-bond acceptors (Lipinski definition) is 4. The molecule has 4 rings (SSSR count). The number of hydrogen-bond donors (Lipinski definition) is 0. The molecule has 3 heterocycles. The largest absolute Gasteiger partial charge is 0.336 e. The van der Waals surface area contributed by atoms with Crippen LogP contribution in [0.5, 0.6) is 0 Å². The van der Waals surface area contributed by atoms with Crippen molar-refractivity contribution in [3.05, 3.63) is 17.5 Å². The van der Waals surface area contributed by atoms with Gasteiger partial charge in [-0.1, -0.05) is 6.42 Å². The Kier molecular flexibility index (Phi) is 6.23. The molecule has 0 radical (unpaired) electrons. The van der Waals surface area contributed by atoms with Gasteiger partial charge in [-0.3, -0.25) is 14.3 Å². The maximum Gasteiger partial charge on any atom is 0.274 e. The van der Waals surface area contributed by atoms with Crippen LogP contribution in [-0.4, -0.2) is 81.6 Å². The van der Waals surface area contributed by atoms with Crippen LogP contribution in [0.25, 0.3) is 0 Å². The normalized spacial score (nSPS) is 23.2. The van der Waals surface area contributed by atoms with Gasteiger partial charge >= 0.3 is 0 Å². The van der Waals surface area contributed by atoms with E-state index < -0.39 is 0 Å². The monoisotopic (exact) mass is 401 g/mol. The Balaban J connectivity index is 1.44. The molecule has 3 aliphatic rings. The van der Waals surface area contributed by atoms with Crippen molar-refractivity contribution in [1.82, 2.24) is 24.5 Å². The summed E-state index contributed by atoms with van der Waals surface area (Å²) in [6.07, 6.45) is 7.70. The number of carbonyl (C=O) groups is 2. The molecule has 2 amide bonds. The van der Waals surface area contributed by atoms with Gasteiger partial charge in [-0.25, -0.2) is 0 Å². The molecule has 1 aromatic rings. The molecule has 1 saturated carbocycles. The van der Waals surface area contributed by atoms with Crippen LogP contribution >= 0.6 is 0 Å². The number of nitrogens with zero attached hydrogens (tertiary/aromatic N) is 5. The number of aryl methyl sites for hydroxylation is 2. The topological polar surface area (TPSA) is 61.7 Å². The van der Waals surface area contributed by atoms with E-state index in [1.54, 1.807) is 4.68 Å². The van der Waals surface area contributed by atoms with Crippen LogP contribution in [-0.2, 0) is 11.8 Å². The maximum atomic E-state index is 13.2. The number of rotatable bonds is 6. The van der Waals surface area contributed by atoms with E-state index in [0.717, 1.165) is 64.1 Å². The molecule has 2 aliphatic heterocycles. The van der Waals surface area contributed by atoms with E-state index in [2.05, 4.69) is 14.9 Å². The number of piperidine rings is 1. The molecule has 160 valence electrons. The first kappa shape index (κ1) is 20.4. The second-order valence-corrected chi connectivity index (χ2v) is 9.05. The quantitative estimate of drug-likeness (QED) is 0.732. The Hall–Kier alpha value is -1.89. The minimum Gasteiger partial charge on any atom is -0.336 e. The second kappa shape index (κ2) is 8.86. The van der Waals surface area contributed by atoms with Crippen molar-refractivity contribution < 1.29 is 9.59 Å². The van der Waals surface area contributed by atoms with Crippen LogP contribution < -0.4 is 0 Å². The summed E-state index contributed by atoms with van der Waals surface area (Å²) in [5, 5.41) is 4.37. The Bertz CT molecular complexity index is 716. The van der Waals surface area contributed by atoms with E-state index in [1.807, 2.05) is 24.9 Å². The van der Waals surface area contributed by atoms with E-state index in [9.17, 15) is 9.59 Å². The highest BCUT2D eigenvalue weighted by Crippen LogP contribution is 2.30. The van der Waals surface area contributed by atoms with Crippen LogP contribution in [0.1, 0.15) is 61.1 Å². The minimum atomic E-state index is -0.00557. The Labute approximate surface area is 174 Å². The molecule has 7 nitrogen and oxygen atoms in total. The summed E-state index contributed by atoms with van der Waals surface area (Å²) >= 11 is 0. The number of aromatic nitrogens is 2. The fourth-order valence-electron chi connectivity index (χ4n) is 4.84. The first-order valence-corrected chi connectivity index (χ1v) is 11.4. The van der Waals surface area contributed by atoms with Crippen LogP contribution in [0.3, 0.4) is 0 Å². The number of likely N-dealkylation sites (tertiary alicyclic amines) is 2. The molecule has 0 aromatic carbocycles. The first-order valence-electron chi connectivity index (χ1n) is 11.4. The van der Waals surface area contributed by atoms with Gasteiger partial charge in [-0.05, 0) is 64.6 Å². The third kappa shape index (κ3) is 4.49. The van der Waals surface area contributed by atoms with Crippen LogP contribution in [0.4, 0.5) is 0 Å². The zero-order chi connectivity index (χ0) is 20.4. The summed E-state index contributed by atoms with van der Waals surface area (Å²) < 4.78 is 1.75. The molecular weight excluding hydrogens is 366 g/mol. The highest BCUT2D eigenvalue weighted by atomic mass is 16.2. The predicted octanol–water partition coefficient (Wildman–Crippen LogP) is 2.06. The predicted molar refractivity (Wildman–Crippen MR) is 112 cm³/mol. The van der Waals surface area contributed by atoms with Gasteiger partial charge in [0.25, 0.3) is 5.91 Å². The van der Waals surface area contributed by atoms with Crippen molar-refractivity contribution in [2.45, 2.75) is 57.9 Å². The maximum absolute atomic E-state index is 13.2. The van der Waals surface area contributed by atoms with E-state index in [-0.39, 0.29) is 17.9 Å². The molecular formula is C22H35N5O2. The average Bonchev–Trinajstić information content (AvgIpc) is 3.30. The summed E-state index contributed by atoms with van der Waals surface area (Å²) in [5.74, 6) is 0.524. The van der Waals surface area contributed by atoms with Crippen molar-refractivity contribution in [1.29, 1.82) is 0 Å². The lowest BCUT2D eigenvalue weighted by molar-refractivity contribution is -0.141. The molecule has 0 spiro atoms. The third-order valence-corrected chi connectivity index (χ3v) is 7.05. The van der Waals surface area contributed by atoms with Gasteiger partial charge in [0, 0.05) is 50.9 Å². The van der Waals surface area contributed by atoms with E-state index >= 15 is 0 Å². The second-order valence-electron chi connectivity index (χ2n) is 9.05. The standard InChI is InChI=1S/C22H35N5O2/c1-17-15-20(23-24(17)2)22(29)26-12-6-9-19(16-26)27(21(28)18-7-5-8-18)14-13-25-10-3-4-11-25/h15,18-19H,3-14,16H2,1-2H3. The molecule has 3 fully saturated rings. The van der Waals surface area contributed by atoms with E-state index in [0.29, 0.717) is 18.1 Å². The van der Waals surface area contributed by atoms with Crippen LogP contribution in [0, 0.1) is 12.8 Å². The lowest BCUT2D eigenvalue weighted by Gasteiger charge is -2.42. The van der Waals surface area contributed by atoms with Gasteiger partial charge in [-0.2, -0.15) is 5.10 Å². The molecule has 0 bridgehead atoms. The fraction of sp³-hybridized carbons (Fsp3) is 0.773. The average molecular weight is 402 g/mol. The van der Waals surface area contributed by atoms with Crippen molar-refractivity contribution in [2.75, 3.05) is 39.3 Å². The summed E-state index contributed by atoms with van der Waals surface area (Å²) in [6.45, 7) is 7.40. The zero-order valence-electron chi connectivity index (χ0n) is 18.0. The van der Waals surface area contributed by atoms with Crippen LogP contribution in [0.15, 0.2) is 6.07 Å². The highest BCUT2D eigenvalue weighted by Gasteiger charge is 2.36. The molecule has 1 atom stereocenters. The van der Waals surface area contributed by atoms with Gasteiger partial charge in [-0.15, -0.1) is 0 Å². The third-order valence-electron chi connectivity index (χ3n) is 7.05. The summed E-state index contributed by atoms with van der Waals surface area (Å²) in [5.41, 5.74) is 1.49. The van der Waals surface area contributed by atoms with Gasteiger partial charge in [0.05, 0.1) is 0 Å². The molecule has 1 unspecified atom stereocenters. The minimum absolute atomic E-state index is 0.00557. The van der Waals surface area contributed by atoms with Crippen molar-refractivity contribution in [2.24, 2.45) is 13.0 Å². The van der Waals surface area contributed by atoms with Crippen molar-refractivity contribution in [3.63, 3.8) is 0 Å². The van der Waals surface area contributed by atoms with E-state index in [4.69, 9.17) is 0 Å². The van der Waals surface area contributed by atoms with Gasteiger partial charge in [0.2, 0.25) is 5.91 Å². The van der Waals surface area contributed by atoms with Gasteiger partial charge in [0.1, 0.15) is 0 Å². The SMILES string of the molecule is Cc1cc(C(=O)N2CCCC(N(CCN3CCCC3)C(=O)C3CCC3)C2)nn1C. The highest BCUT2D eigenvalue weighted by molar-refractivity contribution is 5.92. The molecule has 0 N–H and O–H groups in total. The molecule has 1 aromatic heterocycles. The molecule has 2 saturated heterocycles. The van der Waals surface area contributed by atoms with E-state index in [1.165, 1.54) is 19.3 Å². The summed E-state index contributed by atoms with van der Waals surface area (Å²) in [7, 11) is 1.86. The lowest BCUT2D eigenvalue weighted by atomic mass is 9.83. The lowest BCUT2D eigenvalue weighted by Crippen LogP contribution is -2.55. The van der Waals surface area contributed by atoms with Crippen molar-refractivity contribution in [3.8, 4) is 0 Å². The smallest absolute Gasteiger partial charge is 0.274 e. The fourth-order valence-corrected chi connectivity index (χ4v) is 4.84. The summed E-state index contributed by atoms with van der Waals surface area (Å²) in [6, 6.07) is 1.99. The molecule has 1 aliphatic carbocycles.